The molecule has 3 rings (SSSR count). The Morgan fingerprint density at radius 1 is 1.17 bits per heavy atom. The van der Waals surface area contributed by atoms with Gasteiger partial charge in [-0.25, -0.2) is 4.79 Å². The predicted molar refractivity (Wildman–Crippen MR) is 86.2 cm³/mol. The van der Waals surface area contributed by atoms with Crippen molar-refractivity contribution in [2.75, 3.05) is 13.7 Å². The van der Waals surface area contributed by atoms with Crippen LogP contribution in [0.3, 0.4) is 0 Å². The minimum atomic E-state index is -0.451. The summed E-state index contributed by atoms with van der Waals surface area (Å²) >= 11 is 0. The van der Waals surface area contributed by atoms with Gasteiger partial charge in [0.2, 0.25) is 0 Å². The normalized spacial score (nSPS) is 16.8. The molecule has 2 aromatic rings. The number of amides is 1. The number of rotatable bonds is 5. The van der Waals surface area contributed by atoms with Crippen molar-refractivity contribution in [2.45, 2.75) is 12.5 Å². The molecule has 0 aliphatic carbocycles. The lowest BCUT2D eigenvalue weighted by atomic mass is 10.1. The molecule has 124 valence electrons. The number of nitro groups is 1. The molecule has 1 aliphatic rings. The second-order valence-corrected chi connectivity index (χ2v) is 5.54. The van der Waals surface area contributed by atoms with E-state index in [1.54, 1.807) is 24.1 Å². The summed E-state index contributed by atoms with van der Waals surface area (Å²) < 4.78 is 10.7. The van der Waals surface area contributed by atoms with Crippen molar-refractivity contribution < 1.29 is 19.2 Å². The fraction of sp³-hybridized carbons (Fsp3) is 0.235. The zero-order chi connectivity index (χ0) is 17.1. The van der Waals surface area contributed by atoms with Crippen LogP contribution in [0.2, 0.25) is 0 Å². The van der Waals surface area contributed by atoms with Crippen molar-refractivity contribution in [3.63, 3.8) is 0 Å². The Kier molecular flexibility index (Phi) is 4.33. The summed E-state index contributed by atoms with van der Waals surface area (Å²) in [6.45, 7) is 0.399. The van der Waals surface area contributed by atoms with E-state index in [4.69, 9.17) is 9.47 Å². The molecule has 1 amide bonds. The van der Waals surface area contributed by atoms with Gasteiger partial charge in [0.25, 0.3) is 5.69 Å². The molecule has 0 bridgehead atoms. The third-order valence-corrected chi connectivity index (χ3v) is 3.91. The molecule has 0 radical (unpaired) electrons. The van der Waals surface area contributed by atoms with Gasteiger partial charge in [0, 0.05) is 19.2 Å². The van der Waals surface area contributed by atoms with Crippen LogP contribution in [0.15, 0.2) is 48.5 Å². The number of non-ortho nitro benzene ring substituents is 1. The molecule has 0 spiro atoms. The maximum Gasteiger partial charge on any atom is 0.409 e. The SMILES string of the molecule is CN1C(=O)OC[C@@H]1Cc1ccc(Oc2ccc([N+](=O)[O-])cc2)cc1. The van der Waals surface area contributed by atoms with Gasteiger partial charge in [-0.2, -0.15) is 0 Å². The summed E-state index contributed by atoms with van der Waals surface area (Å²) in [5, 5.41) is 10.6. The molecule has 0 aromatic heterocycles. The first-order valence-corrected chi connectivity index (χ1v) is 7.44. The summed E-state index contributed by atoms with van der Waals surface area (Å²) in [6, 6.07) is 13.5. The number of carbonyl (C=O) groups is 1. The summed E-state index contributed by atoms with van der Waals surface area (Å²) in [4.78, 5) is 23.1. The number of carbonyl (C=O) groups excluding carboxylic acids is 1. The average molecular weight is 328 g/mol. The molecule has 7 nitrogen and oxygen atoms in total. The Morgan fingerprint density at radius 2 is 1.75 bits per heavy atom. The Labute approximate surface area is 138 Å². The molecular formula is C17H16N2O5. The highest BCUT2D eigenvalue weighted by Crippen LogP contribution is 2.25. The van der Waals surface area contributed by atoms with Gasteiger partial charge in [-0.1, -0.05) is 12.1 Å². The first-order chi connectivity index (χ1) is 11.5. The highest BCUT2D eigenvalue weighted by atomic mass is 16.6. The molecule has 1 heterocycles. The fourth-order valence-electron chi connectivity index (χ4n) is 2.46. The van der Waals surface area contributed by atoms with Crippen LogP contribution in [0.1, 0.15) is 5.56 Å². The van der Waals surface area contributed by atoms with Crippen LogP contribution < -0.4 is 4.74 Å². The average Bonchev–Trinajstić information content (AvgIpc) is 2.89. The third kappa shape index (κ3) is 3.45. The maximum atomic E-state index is 11.3. The number of hydrogen-bond acceptors (Lipinski definition) is 5. The summed E-state index contributed by atoms with van der Waals surface area (Å²) in [6.07, 6.45) is 0.415. The molecule has 0 unspecified atom stereocenters. The molecule has 7 heteroatoms. The highest BCUT2D eigenvalue weighted by Gasteiger charge is 2.29. The van der Waals surface area contributed by atoms with Crippen LogP contribution in [0, 0.1) is 10.1 Å². The lowest BCUT2D eigenvalue weighted by molar-refractivity contribution is -0.384. The van der Waals surface area contributed by atoms with Crippen molar-refractivity contribution >= 4 is 11.8 Å². The number of nitrogens with zero attached hydrogens (tertiary/aromatic N) is 2. The van der Waals surface area contributed by atoms with Crippen molar-refractivity contribution in [3.05, 3.63) is 64.2 Å². The van der Waals surface area contributed by atoms with E-state index in [0.29, 0.717) is 24.5 Å². The van der Waals surface area contributed by atoms with Gasteiger partial charge in [-0.15, -0.1) is 0 Å². The van der Waals surface area contributed by atoms with E-state index in [9.17, 15) is 14.9 Å². The van der Waals surface area contributed by atoms with Crippen molar-refractivity contribution in [1.29, 1.82) is 0 Å². The zero-order valence-corrected chi connectivity index (χ0v) is 13.0. The molecule has 24 heavy (non-hydrogen) atoms. The lowest BCUT2D eigenvalue weighted by Crippen LogP contribution is -2.30. The second kappa shape index (κ2) is 6.57. The number of benzene rings is 2. The third-order valence-electron chi connectivity index (χ3n) is 3.91. The van der Waals surface area contributed by atoms with E-state index < -0.39 is 4.92 Å². The number of nitro benzene ring substituents is 1. The minimum absolute atomic E-state index is 0.0233. The number of likely N-dealkylation sites (N-methyl/N-ethyl adjacent to an activating group) is 1. The van der Waals surface area contributed by atoms with Gasteiger partial charge in [0.1, 0.15) is 18.1 Å². The van der Waals surface area contributed by atoms with E-state index in [-0.39, 0.29) is 17.8 Å². The van der Waals surface area contributed by atoms with Crippen molar-refractivity contribution in [3.8, 4) is 11.5 Å². The van der Waals surface area contributed by atoms with E-state index >= 15 is 0 Å². The quantitative estimate of drug-likeness (QED) is 0.621. The topological polar surface area (TPSA) is 81.9 Å². The fourth-order valence-corrected chi connectivity index (χ4v) is 2.46. The molecule has 1 saturated heterocycles. The Balaban J connectivity index is 1.62. The maximum absolute atomic E-state index is 11.3. The van der Waals surface area contributed by atoms with Gasteiger partial charge in [-0.3, -0.25) is 10.1 Å². The first kappa shape index (κ1) is 15.8. The molecule has 0 N–H and O–H groups in total. The van der Waals surface area contributed by atoms with E-state index in [1.165, 1.54) is 12.1 Å². The Morgan fingerprint density at radius 3 is 2.25 bits per heavy atom. The van der Waals surface area contributed by atoms with Crippen LogP contribution in [0.5, 0.6) is 11.5 Å². The monoisotopic (exact) mass is 328 g/mol. The lowest BCUT2D eigenvalue weighted by Gasteiger charge is -2.16. The standard InChI is InChI=1S/C17H16N2O5/c1-18-14(11-23-17(18)20)10-12-2-6-15(7-3-12)24-16-8-4-13(5-9-16)19(21)22/h2-9,14H,10-11H2,1H3/t14-/m0/s1. The highest BCUT2D eigenvalue weighted by molar-refractivity contribution is 5.69. The predicted octanol–water partition coefficient (Wildman–Crippen LogP) is 3.38. The van der Waals surface area contributed by atoms with Gasteiger partial charge in [-0.05, 0) is 36.2 Å². The zero-order valence-electron chi connectivity index (χ0n) is 13.0. The smallest absolute Gasteiger partial charge is 0.409 e. The second-order valence-electron chi connectivity index (χ2n) is 5.54. The van der Waals surface area contributed by atoms with Gasteiger partial charge >= 0.3 is 6.09 Å². The summed E-state index contributed by atoms with van der Waals surface area (Å²) in [7, 11) is 1.73. The molecule has 2 aromatic carbocycles. The van der Waals surface area contributed by atoms with E-state index in [0.717, 1.165) is 5.56 Å². The van der Waals surface area contributed by atoms with E-state index in [1.807, 2.05) is 24.3 Å². The van der Waals surface area contributed by atoms with Gasteiger partial charge in [0.15, 0.2) is 0 Å². The van der Waals surface area contributed by atoms with Gasteiger partial charge in [0.05, 0.1) is 11.0 Å². The molecular weight excluding hydrogens is 312 g/mol. The molecule has 1 aliphatic heterocycles. The Hall–Kier alpha value is -3.09. The summed E-state index contributed by atoms with van der Waals surface area (Å²) in [5.41, 5.74) is 1.09. The number of ether oxygens (including phenoxy) is 2. The van der Waals surface area contributed by atoms with Crippen LogP contribution in [0.25, 0.3) is 0 Å². The van der Waals surface area contributed by atoms with Crippen molar-refractivity contribution in [1.82, 2.24) is 4.90 Å². The first-order valence-electron chi connectivity index (χ1n) is 7.44. The molecule has 1 atom stereocenters. The Bertz CT molecular complexity index is 743. The van der Waals surface area contributed by atoms with Crippen LogP contribution in [0.4, 0.5) is 10.5 Å². The molecule has 0 saturated carbocycles. The largest absolute Gasteiger partial charge is 0.457 e. The molecule has 1 fully saturated rings. The number of hydrogen-bond donors (Lipinski definition) is 0. The minimum Gasteiger partial charge on any atom is -0.457 e. The summed E-state index contributed by atoms with van der Waals surface area (Å²) in [5.74, 6) is 1.17. The van der Waals surface area contributed by atoms with Crippen LogP contribution >= 0.6 is 0 Å². The van der Waals surface area contributed by atoms with Gasteiger partial charge < -0.3 is 14.4 Å². The van der Waals surface area contributed by atoms with Crippen LogP contribution in [-0.4, -0.2) is 35.6 Å². The number of cyclic esters (lactones) is 1. The van der Waals surface area contributed by atoms with Crippen molar-refractivity contribution in [2.24, 2.45) is 0 Å². The van der Waals surface area contributed by atoms with Crippen LogP contribution in [-0.2, 0) is 11.2 Å². The van der Waals surface area contributed by atoms with E-state index in [2.05, 4.69) is 0 Å².